The number of fused-ring (bicyclic) bond motifs is 1. The van der Waals surface area contributed by atoms with Crippen LogP contribution in [0.4, 0.5) is 0 Å². The van der Waals surface area contributed by atoms with Crippen molar-refractivity contribution in [2.24, 2.45) is 0 Å². The SMILES string of the molecule is C=C/C=C\c1c([CH]=[Rh])c2ccccc2n1N. The van der Waals surface area contributed by atoms with Crippen LogP contribution in [-0.4, -0.2) is 9.29 Å². The molecule has 0 aliphatic rings. The quantitative estimate of drug-likeness (QED) is 0.526. The minimum atomic E-state index is 0.976. The average Bonchev–Trinajstić information content (AvgIpc) is 2.60. The molecule has 2 nitrogen and oxygen atoms in total. The molecular formula is C13H12N2Rh. The van der Waals surface area contributed by atoms with Gasteiger partial charge in [0, 0.05) is 0 Å². The van der Waals surface area contributed by atoms with Gasteiger partial charge in [-0.3, -0.25) is 0 Å². The van der Waals surface area contributed by atoms with Crippen molar-refractivity contribution >= 4 is 21.6 Å². The van der Waals surface area contributed by atoms with E-state index in [1.807, 2.05) is 35.0 Å². The first-order valence-electron chi connectivity index (χ1n) is 4.88. The summed E-state index contributed by atoms with van der Waals surface area (Å²) in [5, 5.41) is 1.15. The second-order valence-corrected chi connectivity index (χ2v) is 3.85. The number of allylic oxidation sites excluding steroid dienone is 2. The molecular weight excluding hydrogens is 287 g/mol. The van der Waals surface area contributed by atoms with Crippen LogP contribution in [0.5, 0.6) is 0 Å². The van der Waals surface area contributed by atoms with E-state index in [4.69, 9.17) is 5.84 Å². The van der Waals surface area contributed by atoms with Gasteiger partial charge in [0.05, 0.1) is 0 Å². The number of nitrogens with two attached hydrogens (primary N) is 1. The van der Waals surface area contributed by atoms with Crippen LogP contribution in [0, 0.1) is 0 Å². The summed E-state index contributed by atoms with van der Waals surface area (Å²) < 4.78 is 3.66. The zero-order chi connectivity index (χ0) is 11.5. The predicted octanol–water partition coefficient (Wildman–Crippen LogP) is 2.25. The van der Waals surface area contributed by atoms with Gasteiger partial charge in [0.1, 0.15) is 0 Å². The molecule has 0 saturated heterocycles. The standard InChI is InChI=1S/C13H12N2.Rh/c1-3-4-8-12-10(2)11-7-5-6-9-13(11)15(12)14;/h2-9H,1,14H2;/b8-4-;. The van der Waals surface area contributed by atoms with Gasteiger partial charge in [0.2, 0.25) is 0 Å². The molecule has 2 rings (SSSR count). The first kappa shape index (κ1) is 11.0. The summed E-state index contributed by atoms with van der Waals surface area (Å²) in [7, 11) is 0. The van der Waals surface area contributed by atoms with Crippen LogP contribution >= 0.6 is 0 Å². The molecule has 2 N–H and O–H groups in total. The Labute approximate surface area is 104 Å². The van der Waals surface area contributed by atoms with Gasteiger partial charge in [-0.05, 0) is 0 Å². The number of para-hydroxylation sites is 1. The fourth-order valence-corrected chi connectivity index (χ4v) is 2.24. The molecule has 0 aliphatic carbocycles. The number of hydrogen-bond donors (Lipinski definition) is 1. The van der Waals surface area contributed by atoms with Gasteiger partial charge in [-0.15, -0.1) is 0 Å². The summed E-state index contributed by atoms with van der Waals surface area (Å²) in [5.74, 6) is 6.06. The molecule has 16 heavy (non-hydrogen) atoms. The van der Waals surface area contributed by atoms with Gasteiger partial charge in [-0.1, -0.05) is 0 Å². The van der Waals surface area contributed by atoms with Crippen LogP contribution in [0.1, 0.15) is 11.3 Å². The van der Waals surface area contributed by atoms with E-state index in [0.29, 0.717) is 0 Å². The summed E-state index contributed by atoms with van der Waals surface area (Å²) >= 11 is 2.82. The van der Waals surface area contributed by atoms with Crippen molar-refractivity contribution in [3.05, 3.63) is 54.3 Å². The van der Waals surface area contributed by atoms with E-state index in [-0.39, 0.29) is 0 Å². The molecule has 0 amide bonds. The Hall–Kier alpha value is -1.47. The third-order valence-corrected chi connectivity index (χ3v) is 2.95. The van der Waals surface area contributed by atoms with E-state index in [2.05, 4.69) is 30.5 Å². The summed E-state index contributed by atoms with van der Waals surface area (Å²) in [6.07, 6.45) is 5.58. The summed E-state index contributed by atoms with van der Waals surface area (Å²) in [5.41, 5.74) is 3.11. The number of nitrogens with zero attached hydrogens (tertiary/aromatic N) is 1. The number of aromatic nitrogens is 1. The molecule has 0 bridgehead atoms. The average molecular weight is 299 g/mol. The molecule has 1 aromatic carbocycles. The summed E-state index contributed by atoms with van der Waals surface area (Å²) in [4.78, 5) is 0. The Morgan fingerprint density at radius 2 is 2.06 bits per heavy atom. The van der Waals surface area contributed by atoms with Crippen molar-refractivity contribution in [1.82, 2.24) is 4.68 Å². The maximum atomic E-state index is 6.06. The van der Waals surface area contributed by atoms with Gasteiger partial charge >= 0.3 is 104 Å². The van der Waals surface area contributed by atoms with Gasteiger partial charge in [0.25, 0.3) is 0 Å². The van der Waals surface area contributed by atoms with Crippen molar-refractivity contribution in [3.63, 3.8) is 0 Å². The van der Waals surface area contributed by atoms with Gasteiger partial charge in [0.15, 0.2) is 0 Å². The molecule has 0 unspecified atom stereocenters. The van der Waals surface area contributed by atoms with Crippen LogP contribution in [0.15, 0.2) is 43.0 Å². The molecule has 0 radical (unpaired) electrons. The Morgan fingerprint density at radius 1 is 1.31 bits per heavy atom. The van der Waals surface area contributed by atoms with E-state index < -0.39 is 0 Å². The van der Waals surface area contributed by atoms with E-state index >= 15 is 0 Å². The van der Waals surface area contributed by atoms with Crippen molar-refractivity contribution in [3.8, 4) is 0 Å². The van der Waals surface area contributed by atoms with Crippen molar-refractivity contribution < 1.29 is 17.9 Å². The molecule has 0 saturated carbocycles. The Morgan fingerprint density at radius 3 is 2.75 bits per heavy atom. The number of nitrogen functional groups attached to an aromatic ring is 1. The molecule has 83 valence electrons. The van der Waals surface area contributed by atoms with Crippen LogP contribution in [-0.2, 0) is 17.9 Å². The first-order valence-corrected chi connectivity index (χ1v) is 5.82. The number of benzene rings is 1. The molecule has 0 spiro atoms. The minimum absolute atomic E-state index is 0.976. The van der Waals surface area contributed by atoms with E-state index in [1.54, 1.807) is 10.8 Å². The third kappa shape index (κ3) is 1.68. The molecule has 0 fully saturated rings. The predicted molar refractivity (Wildman–Crippen MR) is 66.5 cm³/mol. The van der Waals surface area contributed by atoms with Crippen molar-refractivity contribution in [2.45, 2.75) is 0 Å². The topological polar surface area (TPSA) is 30.9 Å². The molecule has 0 aliphatic heterocycles. The molecule has 0 atom stereocenters. The second kappa shape index (κ2) is 4.58. The second-order valence-electron chi connectivity index (χ2n) is 3.38. The summed E-state index contributed by atoms with van der Waals surface area (Å²) in [6, 6.07) is 8.07. The Bertz CT molecular complexity index is 579. The molecule has 1 aromatic heterocycles. The van der Waals surface area contributed by atoms with Crippen molar-refractivity contribution in [1.29, 1.82) is 0 Å². The molecule has 3 heteroatoms. The fraction of sp³-hybridized carbons (Fsp3) is 0. The number of hydrogen-bond acceptors (Lipinski definition) is 1. The van der Waals surface area contributed by atoms with Crippen molar-refractivity contribution in [2.75, 3.05) is 5.84 Å². The fourth-order valence-electron chi connectivity index (χ4n) is 1.74. The van der Waals surface area contributed by atoms with E-state index in [9.17, 15) is 0 Å². The van der Waals surface area contributed by atoms with Crippen LogP contribution in [0.3, 0.4) is 0 Å². The van der Waals surface area contributed by atoms with Crippen LogP contribution in [0.2, 0.25) is 0 Å². The first-order chi connectivity index (χ1) is 7.79. The van der Waals surface area contributed by atoms with Gasteiger partial charge in [-0.2, -0.15) is 0 Å². The monoisotopic (exact) mass is 299 g/mol. The Balaban J connectivity index is 2.81. The zero-order valence-corrected chi connectivity index (χ0v) is 10.3. The van der Waals surface area contributed by atoms with E-state index in [1.165, 1.54) is 0 Å². The zero-order valence-electron chi connectivity index (χ0n) is 8.68. The normalized spacial score (nSPS) is 11.1. The van der Waals surface area contributed by atoms with Gasteiger partial charge < -0.3 is 0 Å². The molecule has 1 heterocycles. The third-order valence-electron chi connectivity index (χ3n) is 2.48. The van der Waals surface area contributed by atoms with Crippen LogP contribution in [0.25, 0.3) is 17.0 Å². The Kier molecular flexibility index (Phi) is 3.16. The van der Waals surface area contributed by atoms with Gasteiger partial charge in [-0.25, -0.2) is 0 Å². The van der Waals surface area contributed by atoms with Crippen LogP contribution < -0.4 is 5.84 Å². The summed E-state index contributed by atoms with van der Waals surface area (Å²) in [6.45, 7) is 3.66. The van der Waals surface area contributed by atoms with E-state index in [0.717, 1.165) is 22.2 Å². The maximum absolute atomic E-state index is 6.06. The number of rotatable bonds is 3. The molecule has 2 aromatic rings.